The summed E-state index contributed by atoms with van der Waals surface area (Å²) >= 11 is 0. The molecule has 0 aliphatic rings. The molecule has 0 bridgehead atoms. The van der Waals surface area contributed by atoms with Crippen molar-refractivity contribution in [1.29, 1.82) is 0 Å². The second-order valence-corrected chi connectivity index (χ2v) is 8.91. The van der Waals surface area contributed by atoms with Crippen LogP contribution in [-0.2, 0) is 35.2 Å². The zero-order chi connectivity index (χ0) is 29.0. The van der Waals surface area contributed by atoms with E-state index in [-0.39, 0.29) is 18.6 Å². The number of aliphatic carboxylic acids is 2. The van der Waals surface area contributed by atoms with Gasteiger partial charge in [-0.05, 0) is 36.5 Å². The van der Waals surface area contributed by atoms with E-state index < -0.39 is 78.5 Å². The van der Waals surface area contributed by atoms with Gasteiger partial charge < -0.3 is 42.7 Å². The van der Waals surface area contributed by atoms with Crippen LogP contribution < -0.4 is 27.4 Å². The molecule has 0 radical (unpaired) electrons. The van der Waals surface area contributed by atoms with E-state index in [0.717, 1.165) is 0 Å². The van der Waals surface area contributed by atoms with Crippen LogP contribution in [0.1, 0.15) is 45.1 Å². The molecule has 0 spiro atoms. The second kappa shape index (κ2) is 15.1. The highest BCUT2D eigenvalue weighted by Gasteiger charge is 2.33. The molecule has 210 valence electrons. The first-order valence-corrected chi connectivity index (χ1v) is 11.9. The van der Waals surface area contributed by atoms with Crippen molar-refractivity contribution in [3.63, 3.8) is 0 Å². The first-order valence-electron chi connectivity index (χ1n) is 11.9. The molecule has 1 aromatic rings. The Morgan fingerprint density at radius 2 is 1.45 bits per heavy atom. The Morgan fingerprint density at radius 3 is 1.95 bits per heavy atom. The van der Waals surface area contributed by atoms with Crippen LogP contribution in [0.25, 0.3) is 0 Å². The Labute approximate surface area is 219 Å². The van der Waals surface area contributed by atoms with Crippen LogP contribution in [0.4, 0.5) is 0 Å². The number of carboxylic acids is 2. The van der Waals surface area contributed by atoms with Crippen LogP contribution in [0.5, 0.6) is 5.75 Å². The van der Waals surface area contributed by atoms with Gasteiger partial charge in [0, 0.05) is 6.42 Å². The fraction of sp³-hybridized carbons (Fsp3) is 0.500. The van der Waals surface area contributed by atoms with Gasteiger partial charge in [-0.3, -0.25) is 24.0 Å². The number of phenolic OH excluding ortho intramolecular Hbond substituents is 1. The molecule has 5 atom stereocenters. The molecule has 0 aliphatic heterocycles. The number of rotatable bonds is 16. The van der Waals surface area contributed by atoms with Gasteiger partial charge in [0.1, 0.15) is 23.9 Å². The normalized spacial score (nSPS) is 14.7. The van der Waals surface area contributed by atoms with Gasteiger partial charge in [-0.25, -0.2) is 4.79 Å². The van der Waals surface area contributed by atoms with Crippen molar-refractivity contribution >= 4 is 35.6 Å². The number of hydrogen-bond acceptors (Lipinski definition) is 8. The summed E-state index contributed by atoms with van der Waals surface area (Å²) in [5, 5.41) is 34.7. The largest absolute Gasteiger partial charge is 0.508 e. The molecular formula is C24H35N5O9. The van der Waals surface area contributed by atoms with Gasteiger partial charge in [-0.2, -0.15) is 0 Å². The lowest BCUT2D eigenvalue weighted by molar-refractivity contribution is -0.144. The summed E-state index contributed by atoms with van der Waals surface area (Å²) in [7, 11) is 0. The zero-order valence-corrected chi connectivity index (χ0v) is 21.2. The van der Waals surface area contributed by atoms with Gasteiger partial charge in [0.2, 0.25) is 23.6 Å². The number of carbonyl (C=O) groups excluding carboxylic acids is 4. The van der Waals surface area contributed by atoms with Crippen LogP contribution in [0, 0.1) is 5.92 Å². The molecule has 1 rings (SSSR count). The van der Waals surface area contributed by atoms with Crippen molar-refractivity contribution in [2.24, 2.45) is 17.4 Å². The van der Waals surface area contributed by atoms with E-state index in [1.165, 1.54) is 12.1 Å². The number of hydrogen-bond donors (Lipinski definition) is 8. The quantitative estimate of drug-likeness (QED) is 0.122. The number of amides is 4. The highest BCUT2D eigenvalue weighted by Crippen LogP contribution is 2.12. The van der Waals surface area contributed by atoms with Crippen LogP contribution in [-0.4, -0.2) is 75.1 Å². The smallest absolute Gasteiger partial charge is 0.326 e. The van der Waals surface area contributed by atoms with Crippen LogP contribution in [0.15, 0.2) is 24.3 Å². The third-order valence-corrected chi connectivity index (χ3v) is 5.82. The number of carboxylic acid groups (broad SMARTS) is 2. The zero-order valence-electron chi connectivity index (χ0n) is 21.2. The van der Waals surface area contributed by atoms with Crippen molar-refractivity contribution < 1.29 is 44.1 Å². The molecule has 0 saturated carbocycles. The minimum Gasteiger partial charge on any atom is -0.508 e. The number of benzene rings is 1. The monoisotopic (exact) mass is 537 g/mol. The van der Waals surface area contributed by atoms with Crippen molar-refractivity contribution in [3.8, 4) is 5.75 Å². The molecule has 10 N–H and O–H groups in total. The van der Waals surface area contributed by atoms with E-state index in [2.05, 4.69) is 16.0 Å². The predicted octanol–water partition coefficient (Wildman–Crippen LogP) is -1.41. The Kier molecular flexibility index (Phi) is 12.7. The molecule has 5 unspecified atom stereocenters. The molecule has 14 heteroatoms. The summed E-state index contributed by atoms with van der Waals surface area (Å²) in [6.45, 7) is 3.32. The molecule has 38 heavy (non-hydrogen) atoms. The lowest BCUT2D eigenvalue weighted by Crippen LogP contribution is -2.58. The lowest BCUT2D eigenvalue weighted by atomic mass is 9.98. The maximum atomic E-state index is 13.0. The highest BCUT2D eigenvalue weighted by atomic mass is 16.4. The van der Waals surface area contributed by atoms with Crippen molar-refractivity contribution in [1.82, 2.24) is 16.0 Å². The maximum Gasteiger partial charge on any atom is 0.326 e. The Hall–Kier alpha value is -4.20. The molecule has 14 nitrogen and oxygen atoms in total. The number of aromatic hydroxyl groups is 1. The van der Waals surface area contributed by atoms with Crippen molar-refractivity contribution in [2.75, 3.05) is 0 Å². The van der Waals surface area contributed by atoms with E-state index in [9.17, 15) is 39.0 Å². The van der Waals surface area contributed by atoms with E-state index in [4.69, 9.17) is 16.6 Å². The van der Waals surface area contributed by atoms with Crippen molar-refractivity contribution in [3.05, 3.63) is 29.8 Å². The molecule has 1 aromatic carbocycles. The fourth-order valence-corrected chi connectivity index (χ4v) is 3.41. The van der Waals surface area contributed by atoms with Gasteiger partial charge in [-0.15, -0.1) is 0 Å². The van der Waals surface area contributed by atoms with Crippen LogP contribution in [0.2, 0.25) is 0 Å². The molecular weight excluding hydrogens is 502 g/mol. The third-order valence-electron chi connectivity index (χ3n) is 5.82. The van der Waals surface area contributed by atoms with E-state index in [1.54, 1.807) is 26.0 Å². The van der Waals surface area contributed by atoms with Gasteiger partial charge in [0.15, 0.2) is 0 Å². The topological polar surface area (TPSA) is 251 Å². The summed E-state index contributed by atoms with van der Waals surface area (Å²) in [5.74, 6) is -6.76. The summed E-state index contributed by atoms with van der Waals surface area (Å²) in [5.41, 5.74) is 11.7. The molecule has 0 aromatic heterocycles. The molecule has 0 aliphatic carbocycles. The number of phenols is 1. The molecule has 0 saturated heterocycles. The Bertz CT molecular complexity index is 1020. The molecule has 0 heterocycles. The lowest BCUT2D eigenvalue weighted by Gasteiger charge is -2.26. The van der Waals surface area contributed by atoms with Gasteiger partial charge in [-0.1, -0.05) is 32.4 Å². The van der Waals surface area contributed by atoms with Gasteiger partial charge in [0.05, 0.1) is 12.5 Å². The van der Waals surface area contributed by atoms with Crippen LogP contribution in [0.3, 0.4) is 0 Å². The summed E-state index contributed by atoms with van der Waals surface area (Å²) in [6.07, 6.45) is -1.11. The SMILES string of the molecule is CCC(C)C(NC(=O)C(CC(N)=O)NC(=O)C(CCC(=O)O)NC(=O)C(N)Cc1ccc(O)cc1)C(=O)O. The number of primary amides is 1. The van der Waals surface area contributed by atoms with Gasteiger partial charge in [0.25, 0.3) is 0 Å². The van der Waals surface area contributed by atoms with E-state index in [1.807, 2.05) is 0 Å². The standard InChI is InChI=1S/C24H35N5O9/c1-3-12(2)20(24(37)38)29-23(36)17(11-18(26)31)28-22(35)16(8-9-19(32)33)27-21(34)15(25)10-13-4-6-14(30)7-5-13/h4-7,12,15-17,20,30H,3,8-11,25H2,1-2H3,(H2,26,31)(H,27,34)(H,28,35)(H,29,36)(H,32,33)(H,37,38). The summed E-state index contributed by atoms with van der Waals surface area (Å²) < 4.78 is 0. The number of carbonyl (C=O) groups is 6. The maximum absolute atomic E-state index is 13.0. The predicted molar refractivity (Wildman–Crippen MR) is 133 cm³/mol. The average Bonchev–Trinajstić information content (AvgIpc) is 2.84. The fourth-order valence-electron chi connectivity index (χ4n) is 3.41. The molecule has 4 amide bonds. The number of nitrogens with two attached hydrogens (primary N) is 2. The molecule has 0 fully saturated rings. The first-order chi connectivity index (χ1) is 17.7. The number of nitrogens with one attached hydrogen (secondary N) is 3. The minimum atomic E-state index is -1.58. The Balaban J connectivity index is 3.03. The minimum absolute atomic E-state index is 0.0190. The second-order valence-electron chi connectivity index (χ2n) is 8.91. The summed E-state index contributed by atoms with van der Waals surface area (Å²) in [4.78, 5) is 72.6. The van der Waals surface area contributed by atoms with E-state index in [0.29, 0.717) is 12.0 Å². The summed E-state index contributed by atoms with van der Waals surface area (Å²) in [6, 6.07) is 0.434. The Morgan fingerprint density at radius 1 is 0.895 bits per heavy atom. The van der Waals surface area contributed by atoms with E-state index >= 15 is 0 Å². The first kappa shape index (κ1) is 31.8. The van der Waals surface area contributed by atoms with Gasteiger partial charge >= 0.3 is 11.9 Å². The highest BCUT2D eigenvalue weighted by molar-refractivity contribution is 5.96. The average molecular weight is 538 g/mol. The van der Waals surface area contributed by atoms with Crippen molar-refractivity contribution in [2.45, 2.75) is 70.1 Å². The third kappa shape index (κ3) is 10.8. The van der Waals surface area contributed by atoms with Crippen LogP contribution >= 0.6 is 0 Å².